The van der Waals surface area contributed by atoms with E-state index in [1.165, 1.54) is 0 Å². The summed E-state index contributed by atoms with van der Waals surface area (Å²) in [5, 5.41) is 1.05. The Kier molecular flexibility index (Phi) is 4.24. The van der Waals surface area contributed by atoms with Crippen LogP contribution in [0.1, 0.15) is 17.0 Å². The van der Waals surface area contributed by atoms with E-state index in [2.05, 4.69) is 32.1 Å². The third-order valence-electron chi connectivity index (χ3n) is 5.71. The number of nitrogens with zero attached hydrogens (tertiary/aromatic N) is 5. The summed E-state index contributed by atoms with van der Waals surface area (Å²) in [4.78, 5) is 26.0. The Morgan fingerprint density at radius 2 is 1.66 bits per heavy atom. The number of hydrogen-bond acceptors (Lipinski definition) is 6. The fraction of sp³-hybridized carbons (Fsp3) is 0.0800. The number of hydrogen-bond donors (Lipinski definition) is 2. The van der Waals surface area contributed by atoms with Gasteiger partial charge >= 0.3 is 0 Å². The summed E-state index contributed by atoms with van der Waals surface area (Å²) in [6.07, 6.45) is 11.6. The van der Waals surface area contributed by atoms with Gasteiger partial charge in [0.2, 0.25) is 0 Å². The molecule has 0 unspecified atom stereocenters. The smallest absolute Gasteiger partial charge is 0.138 e. The van der Waals surface area contributed by atoms with Gasteiger partial charge in [0, 0.05) is 72.2 Å². The predicted octanol–water partition coefficient (Wildman–Crippen LogP) is 4.06. The summed E-state index contributed by atoms with van der Waals surface area (Å²) < 4.78 is 0. The van der Waals surface area contributed by atoms with Crippen molar-refractivity contribution in [3.63, 3.8) is 0 Å². The standard InChI is InChI=1S/C25H19N7/c26-18-9-16(12-28-14-18)17-10-21-22(31-13-17)4-8-29-24(21)23-11-20-19(3-7-30-25(20)32-23)15-1-5-27-6-2-15/h1-3,5-7,9-14H,4,8,26H2,(H,30,32). The first-order chi connectivity index (χ1) is 15.8. The third kappa shape index (κ3) is 3.11. The van der Waals surface area contributed by atoms with Crippen molar-refractivity contribution in [1.82, 2.24) is 24.9 Å². The zero-order valence-corrected chi connectivity index (χ0v) is 17.2. The molecule has 7 heteroatoms. The van der Waals surface area contributed by atoms with Crippen molar-refractivity contribution in [2.45, 2.75) is 6.42 Å². The lowest BCUT2D eigenvalue weighted by molar-refractivity contribution is 0.898. The fourth-order valence-electron chi connectivity index (χ4n) is 4.20. The molecule has 32 heavy (non-hydrogen) atoms. The molecule has 0 amide bonds. The highest BCUT2D eigenvalue weighted by Gasteiger charge is 2.21. The molecule has 1 aliphatic rings. The number of aliphatic imine (C=N–C) groups is 1. The van der Waals surface area contributed by atoms with Crippen molar-refractivity contribution >= 4 is 22.4 Å². The van der Waals surface area contributed by atoms with Gasteiger partial charge in [-0.2, -0.15) is 0 Å². The minimum absolute atomic E-state index is 0.624. The van der Waals surface area contributed by atoms with Crippen molar-refractivity contribution < 1.29 is 0 Å². The Labute approximate surface area is 184 Å². The molecule has 0 saturated carbocycles. The molecule has 1 aliphatic heterocycles. The molecule has 5 aromatic rings. The zero-order chi connectivity index (χ0) is 21.5. The van der Waals surface area contributed by atoms with Gasteiger partial charge in [0.25, 0.3) is 0 Å². The van der Waals surface area contributed by atoms with E-state index in [0.717, 1.165) is 62.4 Å². The van der Waals surface area contributed by atoms with E-state index in [4.69, 9.17) is 15.7 Å². The summed E-state index contributed by atoms with van der Waals surface area (Å²) >= 11 is 0. The van der Waals surface area contributed by atoms with Gasteiger partial charge in [0.05, 0.1) is 22.8 Å². The first-order valence-corrected chi connectivity index (χ1v) is 10.4. The van der Waals surface area contributed by atoms with Gasteiger partial charge in [0.15, 0.2) is 0 Å². The number of nitrogens with one attached hydrogen (secondary N) is 1. The summed E-state index contributed by atoms with van der Waals surface area (Å²) in [7, 11) is 0. The van der Waals surface area contributed by atoms with Crippen LogP contribution in [0.25, 0.3) is 33.3 Å². The highest BCUT2D eigenvalue weighted by molar-refractivity contribution is 6.15. The van der Waals surface area contributed by atoms with E-state index in [1.54, 1.807) is 24.8 Å². The second kappa shape index (κ2) is 7.39. The second-order valence-corrected chi connectivity index (χ2v) is 7.75. The number of aromatic nitrogens is 5. The van der Waals surface area contributed by atoms with Crippen molar-refractivity contribution in [3.05, 3.63) is 90.5 Å². The van der Waals surface area contributed by atoms with Crippen molar-refractivity contribution in [2.75, 3.05) is 12.3 Å². The monoisotopic (exact) mass is 417 g/mol. The molecule has 6 rings (SSSR count). The molecule has 154 valence electrons. The predicted molar refractivity (Wildman–Crippen MR) is 125 cm³/mol. The Morgan fingerprint density at radius 3 is 2.53 bits per heavy atom. The SMILES string of the molecule is Nc1cncc(-c2cnc3c(c2)C(c2cc4c(-c5ccncc5)ccnc4[nH]2)=NCC3)c1. The van der Waals surface area contributed by atoms with Crippen LogP contribution in [0.3, 0.4) is 0 Å². The van der Waals surface area contributed by atoms with E-state index >= 15 is 0 Å². The highest BCUT2D eigenvalue weighted by Crippen LogP contribution is 2.30. The molecule has 5 aromatic heterocycles. The van der Waals surface area contributed by atoms with Crippen LogP contribution in [0, 0.1) is 0 Å². The van der Waals surface area contributed by atoms with Gasteiger partial charge in [-0.25, -0.2) is 4.98 Å². The first-order valence-electron chi connectivity index (χ1n) is 10.4. The molecule has 0 aliphatic carbocycles. The number of rotatable bonds is 3. The summed E-state index contributed by atoms with van der Waals surface area (Å²) in [6.45, 7) is 0.703. The first kappa shape index (κ1) is 18.4. The number of anilines is 1. The maximum absolute atomic E-state index is 5.93. The lowest BCUT2D eigenvalue weighted by atomic mass is 9.96. The fourth-order valence-corrected chi connectivity index (χ4v) is 4.20. The number of aromatic amines is 1. The van der Waals surface area contributed by atoms with Gasteiger partial charge in [-0.3, -0.25) is 19.9 Å². The molecule has 0 bridgehead atoms. The number of H-pyrrole nitrogens is 1. The average molecular weight is 417 g/mol. The third-order valence-corrected chi connectivity index (χ3v) is 5.71. The van der Waals surface area contributed by atoms with Gasteiger partial charge in [-0.15, -0.1) is 0 Å². The number of pyridine rings is 4. The molecule has 0 aromatic carbocycles. The van der Waals surface area contributed by atoms with Crippen LogP contribution >= 0.6 is 0 Å². The quantitative estimate of drug-likeness (QED) is 0.461. The summed E-state index contributed by atoms with van der Waals surface area (Å²) in [5.74, 6) is 0. The van der Waals surface area contributed by atoms with Crippen molar-refractivity contribution in [2.24, 2.45) is 4.99 Å². The van der Waals surface area contributed by atoms with Crippen LogP contribution in [-0.2, 0) is 6.42 Å². The molecule has 0 radical (unpaired) electrons. The number of nitrogens with two attached hydrogens (primary N) is 1. The van der Waals surface area contributed by atoms with Crippen LogP contribution in [0.4, 0.5) is 5.69 Å². The lowest BCUT2D eigenvalue weighted by Crippen LogP contribution is -2.16. The van der Waals surface area contributed by atoms with Crippen LogP contribution in [0.2, 0.25) is 0 Å². The van der Waals surface area contributed by atoms with Gasteiger partial charge in [-0.05, 0) is 47.5 Å². The van der Waals surface area contributed by atoms with E-state index < -0.39 is 0 Å². The van der Waals surface area contributed by atoms with Crippen molar-refractivity contribution in [1.29, 1.82) is 0 Å². The number of fused-ring (bicyclic) bond motifs is 2. The molecule has 0 saturated heterocycles. The van der Waals surface area contributed by atoms with Crippen LogP contribution in [0.15, 0.2) is 78.6 Å². The maximum Gasteiger partial charge on any atom is 0.138 e. The van der Waals surface area contributed by atoms with Gasteiger partial charge in [0.1, 0.15) is 5.65 Å². The van der Waals surface area contributed by atoms with Crippen LogP contribution < -0.4 is 5.73 Å². The molecule has 0 fully saturated rings. The van der Waals surface area contributed by atoms with Crippen LogP contribution in [-0.4, -0.2) is 37.2 Å². The van der Waals surface area contributed by atoms with Crippen molar-refractivity contribution in [3.8, 4) is 22.3 Å². The topological polar surface area (TPSA) is 106 Å². The van der Waals surface area contributed by atoms with E-state index in [9.17, 15) is 0 Å². The van der Waals surface area contributed by atoms with E-state index in [0.29, 0.717) is 12.2 Å². The Hall–Kier alpha value is -4.39. The summed E-state index contributed by atoms with van der Waals surface area (Å²) in [6, 6.07) is 12.2. The maximum atomic E-state index is 5.93. The molecule has 6 heterocycles. The lowest BCUT2D eigenvalue weighted by Gasteiger charge is -2.16. The molecule has 3 N–H and O–H groups in total. The van der Waals surface area contributed by atoms with E-state index in [-0.39, 0.29) is 0 Å². The summed E-state index contributed by atoms with van der Waals surface area (Å²) in [5.41, 5.74) is 15.4. The van der Waals surface area contributed by atoms with Crippen LogP contribution in [0.5, 0.6) is 0 Å². The highest BCUT2D eigenvalue weighted by atomic mass is 14.9. The Balaban J connectivity index is 1.48. The largest absolute Gasteiger partial charge is 0.397 e. The van der Waals surface area contributed by atoms with E-state index in [1.807, 2.05) is 36.7 Å². The minimum atomic E-state index is 0.624. The molecule has 7 nitrogen and oxygen atoms in total. The van der Waals surface area contributed by atoms with Gasteiger partial charge in [-0.1, -0.05) is 0 Å². The number of nitrogen functional groups attached to an aromatic ring is 1. The minimum Gasteiger partial charge on any atom is -0.397 e. The van der Waals surface area contributed by atoms with Gasteiger partial charge < -0.3 is 10.7 Å². The molecule has 0 spiro atoms. The Morgan fingerprint density at radius 1 is 0.781 bits per heavy atom. The normalized spacial score (nSPS) is 13.1. The second-order valence-electron chi connectivity index (χ2n) is 7.75. The molecular formula is C25H19N7. The molecular weight excluding hydrogens is 398 g/mol. The zero-order valence-electron chi connectivity index (χ0n) is 17.2. The average Bonchev–Trinajstić information content (AvgIpc) is 3.28. The molecule has 0 atom stereocenters. The Bertz CT molecular complexity index is 1490.